The van der Waals surface area contributed by atoms with Crippen LogP contribution in [0.2, 0.25) is 0 Å². The maximum atomic E-state index is 12.4. The van der Waals surface area contributed by atoms with E-state index in [0.29, 0.717) is 6.42 Å². The van der Waals surface area contributed by atoms with E-state index in [0.717, 1.165) is 23.5 Å². The summed E-state index contributed by atoms with van der Waals surface area (Å²) in [5.41, 5.74) is 2.05. The van der Waals surface area contributed by atoms with Gasteiger partial charge in [-0.3, -0.25) is 4.79 Å². The van der Waals surface area contributed by atoms with Crippen LogP contribution in [-0.2, 0) is 4.79 Å². The molecule has 1 heterocycles. The fraction of sp³-hybridized carbons (Fsp3) is 0.381. The first-order valence-corrected chi connectivity index (χ1v) is 9.68. The normalized spacial score (nSPS) is 18.1. The second kappa shape index (κ2) is 7.52. The molecule has 1 aliphatic rings. The first-order valence-electron chi connectivity index (χ1n) is 8.70. The fourth-order valence-electron chi connectivity index (χ4n) is 3.09. The zero-order chi connectivity index (χ0) is 17.9. The monoisotopic (exact) mass is 355 g/mol. The largest absolute Gasteiger partial charge is 0.487 e. The average Bonchev–Trinajstić information content (AvgIpc) is 2.55. The number of ether oxygens (including phenoxy) is 1. The predicted molar refractivity (Wildman–Crippen MR) is 103 cm³/mol. The molecule has 2 aromatic rings. The number of hydrogen-bond donors (Lipinski definition) is 1. The number of carbonyl (C=O) groups excluding carboxylic acids is 1. The van der Waals surface area contributed by atoms with E-state index in [1.807, 2.05) is 24.3 Å². The Morgan fingerprint density at radius 2 is 1.92 bits per heavy atom. The van der Waals surface area contributed by atoms with Crippen LogP contribution in [0.25, 0.3) is 0 Å². The smallest absolute Gasteiger partial charge is 0.221 e. The number of para-hydroxylation sites is 1. The number of amides is 1. The minimum Gasteiger partial charge on any atom is -0.487 e. The van der Waals surface area contributed by atoms with Crippen molar-refractivity contribution in [3.8, 4) is 5.75 Å². The summed E-state index contributed by atoms with van der Waals surface area (Å²) in [6, 6.07) is 16.4. The van der Waals surface area contributed by atoms with Gasteiger partial charge >= 0.3 is 0 Å². The second-order valence-corrected chi connectivity index (χ2v) is 8.30. The molecular weight excluding hydrogens is 330 g/mol. The van der Waals surface area contributed by atoms with Crippen molar-refractivity contribution in [1.29, 1.82) is 0 Å². The van der Waals surface area contributed by atoms with E-state index in [9.17, 15) is 4.79 Å². The Hall–Kier alpha value is -1.94. The predicted octanol–water partition coefficient (Wildman–Crippen LogP) is 4.90. The molecule has 1 amide bonds. The number of nitrogens with one attached hydrogen (secondary N) is 1. The number of rotatable bonds is 5. The molecule has 0 bridgehead atoms. The highest BCUT2D eigenvalue weighted by Crippen LogP contribution is 2.39. The molecule has 1 aliphatic heterocycles. The van der Waals surface area contributed by atoms with Crippen LogP contribution in [0.3, 0.4) is 0 Å². The standard InChI is InChI=1S/C21H25NO2S/c1-15-8-10-16(11-9-15)25-13-12-20(23)22-18-14-21(2,3)24-19-7-5-4-6-17(18)19/h4-11,18H,12-14H2,1-3H3,(H,22,23)/t18-/m1/s1. The summed E-state index contributed by atoms with van der Waals surface area (Å²) < 4.78 is 6.02. The van der Waals surface area contributed by atoms with Crippen molar-refractivity contribution in [1.82, 2.24) is 5.32 Å². The highest BCUT2D eigenvalue weighted by molar-refractivity contribution is 7.99. The summed E-state index contributed by atoms with van der Waals surface area (Å²) >= 11 is 1.72. The molecule has 3 rings (SSSR count). The lowest BCUT2D eigenvalue weighted by Crippen LogP contribution is -2.41. The van der Waals surface area contributed by atoms with Crippen molar-refractivity contribution in [3.05, 3.63) is 59.7 Å². The van der Waals surface area contributed by atoms with Gasteiger partial charge < -0.3 is 10.1 Å². The quantitative estimate of drug-likeness (QED) is 0.776. The van der Waals surface area contributed by atoms with Gasteiger partial charge in [-0.1, -0.05) is 35.9 Å². The Morgan fingerprint density at radius 3 is 2.68 bits per heavy atom. The Labute approximate surface area is 154 Å². The maximum absolute atomic E-state index is 12.4. The number of benzene rings is 2. The van der Waals surface area contributed by atoms with E-state index < -0.39 is 0 Å². The molecule has 1 atom stereocenters. The second-order valence-electron chi connectivity index (χ2n) is 7.14. The molecule has 0 saturated heterocycles. The molecule has 0 radical (unpaired) electrons. The molecule has 0 saturated carbocycles. The Kier molecular flexibility index (Phi) is 5.38. The summed E-state index contributed by atoms with van der Waals surface area (Å²) in [5, 5.41) is 3.19. The molecule has 0 aromatic heterocycles. The SMILES string of the molecule is Cc1ccc(SCCC(=O)N[C@@H]2CC(C)(C)Oc3ccccc32)cc1. The summed E-state index contributed by atoms with van der Waals surface area (Å²) in [7, 11) is 0. The van der Waals surface area contributed by atoms with Gasteiger partial charge in [-0.05, 0) is 39.0 Å². The minimum atomic E-state index is -0.275. The van der Waals surface area contributed by atoms with Gasteiger partial charge in [-0.15, -0.1) is 11.8 Å². The van der Waals surface area contributed by atoms with Crippen molar-refractivity contribution < 1.29 is 9.53 Å². The molecule has 0 spiro atoms. The minimum absolute atomic E-state index is 0.0109. The van der Waals surface area contributed by atoms with E-state index in [2.05, 4.69) is 50.4 Å². The number of carbonyl (C=O) groups is 1. The summed E-state index contributed by atoms with van der Waals surface area (Å²) in [6.45, 7) is 6.21. The third-order valence-corrected chi connectivity index (χ3v) is 5.34. The van der Waals surface area contributed by atoms with Gasteiger partial charge in [0.05, 0.1) is 6.04 Å². The topological polar surface area (TPSA) is 38.3 Å². The van der Waals surface area contributed by atoms with Crippen LogP contribution < -0.4 is 10.1 Å². The van der Waals surface area contributed by atoms with Crippen molar-refractivity contribution in [2.24, 2.45) is 0 Å². The van der Waals surface area contributed by atoms with Gasteiger partial charge in [0.25, 0.3) is 0 Å². The third-order valence-electron chi connectivity index (χ3n) is 4.33. The molecule has 2 aromatic carbocycles. The van der Waals surface area contributed by atoms with Gasteiger partial charge in [0, 0.05) is 29.1 Å². The van der Waals surface area contributed by atoms with E-state index in [-0.39, 0.29) is 17.6 Å². The van der Waals surface area contributed by atoms with Crippen molar-refractivity contribution >= 4 is 17.7 Å². The lowest BCUT2D eigenvalue weighted by molar-refractivity contribution is -0.121. The van der Waals surface area contributed by atoms with Gasteiger partial charge in [-0.2, -0.15) is 0 Å². The average molecular weight is 356 g/mol. The lowest BCUT2D eigenvalue weighted by Gasteiger charge is -2.37. The van der Waals surface area contributed by atoms with Gasteiger partial charge in [-0.25, -0.2) is 0 Å². The molecule has 1 N–H and O–H groups in total. The van der Waals surface area contributed by atoms with Crippen molar-refractivity contribution in [2.45, 2.75) is 50.2 Å². The molecular formula is C21H25NO2S. The third kappa shape index (κ3) is 4.79. The van der Waals surface area contributed by atoms with Crippen LogP contribution >= 0.6 is 11.8 Å². The number of fused-ring (bicyclic) bond motifs is 1. The van der Waals surface area contributed by atoms with E-state index in [4.69, 9.17) is 4.74 Å². The van der Waals surface area contributed by atoms with Crippen LogP contribution in [-0.4, -0.2) is 17.3 Å². The fourth-order valence-corrected chi connectivity index (χ4v) is 3.95. The van der Waals surface area contributed by atoms with Crippen LogP contribution in [0.5, 0.6) is 5.75 Å². The summed E-state index contributed by atoms with van der Waals surface area (Å²) in [6.07, 6.45) is 1.29. The Bertz CT molecular complexity index is 740. The first kappa shape index (κ1) is 17.9. The molecule has 25 heavy (non-hydrogen) atoms. The maximum Gasteiger partial charge on any atom is 0.221 e. The van der Waals surface area contributed by atoms with Crippen LogP contribution in [0, 0.1) is 6.92 Å². The van der Waals surface area contributed by atoms with Gasteiger partial charge in [0.1, 0.15) is 11.4 Å². The Balaban J connectivity index is 1.56. The summed E-state index contributed by atoms with van der Waals surface area (Å²) in [4.78, 5) is 13.6. The van der Waals surface area contributed by atoms with Crippen LogP contribution in [0.4, 0.5) is 0 Å². The van der Waals surface area contributed by atoms with E-state index in [1.165, 1.54) is 10.5 Å². The zero-order valence-electron chi connectivity index (χ0n) is 15.0. The van der Waals surface area contributed by atoms with Crippen LogP contribution in [0.15, 0.2) is 53.4 Å². The lowest BCUT2D eigenvalue weighted by atomic mass is 9.89. The number of thioether (sulfide) groups is 1. The first-order chi connectivity index (χ1) is 11.9. The van der Waals surface area contributed by atoms with Crippen molar-refractivity contribution in [3.63, 3.8) is 0 Å². The zero-order valence-corrected chi connectivity index (χ0v) is 15.9. The molecule has 132 valence electrons. The number of hydrogen-bond acceptors (Lipinski definition) is 3. The van der Waals surface area contributed by atoms with Crippen molar-refractivity contribution in [2.75, 3.05) is 5.75 Å². The molecule has 0 fully saturated rings. The van der Waals surface area contributed by atoms with Crippen LogP contribution in [0.1, 0.15) is 43.9 Å². The highest BCUT2D eigenvalue weighted by atomic mass is 32.2. The van der Waals surface area contributed by atoms with E-state index in [1.54, 1.807) is 11.8 Å². The Morgan fingerprint density at radius 1 is 1.20 bits per heavy atom. The van der Waals surface area contributed by atoms with Gasteiger partial charge in [0.2, 0.25) is 5.91 Å². The van der Waals surface area contributed by atoms with E-state index >= 15 is 0 Å². The summed E-state index contributed by atoms with van der Waals surface area (Å²) in [5.74, 6) is 1.75. The molecule has 0 aliphatic carbocycles. The molecule has 0 unspecified atom stereocenters. The van der Waals surface area contributed by atoms with Gasteiger partial charge in [0.15, 0.2) is 0 Å². The highest BCUT2D eigenvalue weighted by Gasteiger charge is 2.34. The number of aryl methyl sites for hydroxylation is 1. The molecule has 4 heteroatoms. The molecule has 3 nitrogen and oxygen atoms in total.